The molecule has 3 N–H and O–H groups in total. The molecule has 98 valence electrons. The first-order chi connectivity index (χ1) is 8.97. The van der Waals surface area contributed by atoms with Gasteiger partial charge in [-0.3, -0.25) is 4.79 Å². The van der Waals surface area contributed by atoms with Crippen molar-refractivity contribution in [2.75, 3.05) is 11.1 Å². The maximum absolute atomic E-state index is 12.2. The number of nitrogens with one attached hydrogen (secondary N) is 1. The summed E-state index contributed by atoms with van der Waals surface area (Å²) >= 11 is 9.28. The van der Waals surface area contributed by atoms with E-state index in [2.05, 4.69) is 21.2 Å². The minimum absolute atomic E-state index is 0.216. The average Bonchev–Trinajstić information content (AvgIpc) is 2.36. The molecular formula is C14H12BrClN2O. The monoisotopic (exact) mass is 338 g/mol. The smallest absolute Gasteiger partial charge is 0.256 e. The number of halogens is 2. The second-order valence-electron chi connectivity index (χ2n) is 4.15. The molecule has 19 heavy (non-hydrogen) atoms. The molecule has 0 atom stereocenters. The second kappa shape index (κ2) is 5.63. The number of carbonyl (C=O) groups is 1. The van der Waals surface area contributed by atoms with Crippen molar-refractivity contribution in [2.45, 2.75) is 6.92 Å². The molecule has 0 radical (unpaired) electrons. The summed E-state index contributed by atoms with van der Waals surface area (Å²) in [5.74, 6) is -0.216. The molecule has 0 aliphatic carbocycles. The van der Waals surface area contributed by atoms with Gasteiger partial charge in [-0.1, -0.05) is 17.7 Å². The fraction of sp³-hybridized carbons (Fsp3) is 0.0714. The lowest BCUT2D eigenvalue weighted by Crippen LogP contribution is -2.14. The lowest BCUT2D eigenvalue weighted by molar-refractivity contribution is 0.102. The summed E-state index contributed by atoms with van der Waals surface area (Å²) in [7, 11) is 0. The number of amides is 1. The highest BCUT2D eigenvalue weighted by molar-refractivity contribution is 9.10. The topological polar surface area (TPSA) is 55.1 Å². The maximum atomic E-state index is 12.2. The molecule has 2 rings (SSSR count). The first-order valence-electron chi connectivity index (χ1n) is 5.60. The van der Waals surface area contributed by atoms with Gasteiger partial charge in [0, 0.05) is 20.7 Å². The zero-order chi connectivity index (χ0) is 14.0. The van der Waals surface area contributed by atoms with Crippen molar-refractivity contribution in [3.63, 3.8) is 0 Å². The number of carbonyl (C=O) groups excluding carboxylic acids is 1. The van der Waals surface area contributed by atoms with E-state index in [4.69, 9.17) is 17.3 Å². The van der Waals surface area contributed by atoms with Gasteiger partial charge in [0.1, 0.15) is 0 Å². The van der Waals surface area contributed by atoms with Crippen molar-refractivity contribution in [3.05, 3.63) is 57.0 Å². The third-order valence-corrected chi connectivity index (χ3v) is 3.61. The number of hydrogen-bond donors (Lipinski definition) is 2. The summed E-state index contributed by atoms with van der Waals surface area (Å²) in [4.78, 5) is 12.2. The van der Waals surface area contributed by atoms with E-state index in [0.717, 1.165) is 10.0 Å². The van der Waals surface area contributed by atoms with E-state index >= 15 is 0 Å². The fourth-order valence-corrected chi connectivity index (χ4v) is 2.19. The molecule has 0 aromatic heterocycles. The van der Waals surface area contributed by atoms with Crippen LogP contribution in [0.3, 0.4) is 0 Å². The number of aryl methyl sites for hydroxylation is 1. The highest BCUT2D eigenvalue weighted by atomic mass is 79.9. The Bertz CT molecular complexity index is 643. The normalized spacial score (nSPS) is 10.3. The molecular weight excluding hydrogens is 328 g/mol. The largest absolute Gasteiger partial charge is 0.399 e. The van der Waals surface area contributed by atoms with Crippen LogP contribution in [-0.2, 0) is 0 Å². The average molecular weight is 340 g/mol. The number of benzene rings is 2. The number of nitrogen functional groups attached to an aromatic ring is 1. The third-order valence-electron chi connectivity index (χ3n) is 2.68. The quantitative estimate of drug-likeness (QED) is 0.804. The van der Waals surface area contributed by atoms with E-state index in [9.17, 15) is 4.79 Å². The van der Waals surface area contributed by atoms with Gasteiger partial charge in [-0.2, -0.15) is 0 Å². The van der Waals surface area contributed by atoms with Gasteiger partial charge in [0.05, 0.1) is 5.69 Å². The third kappa shape index (κ3) is 3.28. The SMILES string of the molecule is Cc1ccc(Cl)cc1C(=O)Nc1cc(N)ccc1Br. The van der Waals surface area contributed by atoms with Crippen LogP contribution in [0.25, 0.3) is 0 Å². The molecule has 1 amide bonds. The second-order valence-corrected chi connectivity index (χ2v) is 5.44. The molecule has 2 aromatic carbocycles. The Morgan fingerprint density at radius 2 is 2.00 bits per heavy atom. The van der Waals surface area contributed by atoms with E-state index in [0.29, 0.717) is 22.0 Å². The molecule has 0 heterocycles. The van der Waals surface area contributed by atoms with Crippen molar-refractivity contribution in [1.29, 1.82) is 0 Å². The van der Waals surface area contributed by atoms with E-state index in [1.807, 2.05) is 13.0 Å². The van der Waals surface area contributed by atoms with Crippen molar-refractivity contribution < 1.29 is 4.79 Å². The Labute approximate surface area is 124 Å². The zero-order valence-corrected chi connectivity index (χ0v) is 12.5. The van der Waals surface area contributed by atoms with Crippen LogP contribution in [-0.4, -0.2) is 5.91 Å². The van der Waals surface area contributed by atoms with Crippen molar-refractivity contribution in [1.82, 2.24) is 0 Å². The molecule has 0 fully saturated rings. The molecule has 3 nitrogen and oxygen atoms in total. The highest BCUT2D eigenvalue weighted by Crippen LogP contribution is 2.26. The lowest BCUT2D eigenvalue weighted by atomic mass is 10.1. The van der Waals surface area contributed by atoms with E-state index < -0.39 is 0 Å². The standard InChI is InChI=1S/C14H12BrClN2O/c1-8-2-3-9(16)6-11(8)14(19)18-13-7-10(17)4-5-12(13)15/h2-7H,17H2,1H3,(H,18,19). The first-order valence-corrected chi connectivity index (χ1v) is 6.77. The van der Waals surface area contributed by atoms with Crippen molar-refractivity contribution in [3.8, 4) is 0 Å². The minimum atomic E-state index is -0.216. The van der Waals surface area contributed by atoms with Gasteiger partial charge in [0.2, 0.25) is 0 Å². The Hall–Kier alpha value is -1.52. The molecule has 5 heteroatoms. The number of nitrogens with two attached hydrogens (primary N) is 1. The number of anilines is 2. The summed E-state index contributed by atoms with van der Waals surface area (Å²) in [5.41, 5.74) is 8.32. The molecule has 0 unspecified atom stereocenters. The van der Waals surface area contributed by atoms with Gasteiger partial charge >= 0.3 is 0 Å². The molecule has 0 spiro atoms. The van der Waals surface area contributed by atoms with Crippen LogP contribution >= 0.6 is 27.5 Å². The van der Waals surface area contributed by atoms with E-state index in [1.165, 1.54) is 0 Å². The molecule has 0 aliphatic heterocycles. The van der Waals surface area contributed by atoms with Gasteiger partial charge in [-0.05, 0) is 58.7 Å². The molecule has 0 saturated carbocycles. The Balaban J connectivity index is 2.30. The maximum Gasteiger partial charge on any atom is 0.256 e. The molecule has 0 saturated heterocycles. The summed E-state index contributed by atoms with van der Waals surface area (Å²) in [5, 5.41) is 3.34. The summed E-state index contributed by atoms with van der Waals surface area (Å²) in [6, 6.07) is 10.4. The number of rotatable bonds is 2. The predicted molar refractivity (Wildman–Crippen MR) is 82.7 cm³/mol. The van der Waals surface area contributed by atoms with Gasteiger partial charge in [0.15, 0.2) is 0 Å². The van der Waals surface area contributed by atoms with Crippen LogP contribution in [0, 0.1) is 6.92 Å². The van der Waals surface area contributed by atoms with Gasteiger partial charge < -0.3 is 11.1 Å². The molecule has 0 aliphatic rings. The highest BCUT2D eigenvalue weighted by Gasteiger charge is 2.11. The fourth-order valence-electron chi connectivity index (χ4n) is 1.67. The van der Waals surface area contributed by atoms with Gasteiger partial charge in [-0.25, -0.2) is 0 Å². The number of hydrogen-bond acceptors (Lipinski definition) is 2. The van der Waals surface area contributed by atoms with Crippen molar-refractivity contribution in [2.24, 2.45) is 0 Å². The molecule has 2 aromatic rings. The van der Waals surface area contributed by atoms with Gasteiger partial charge in [-0.15, -0.1) is 0 Å². The van der Waals surface area contributed by atoms with E-state index in [1.54, 1.807) is 30.3 Å². The van der Waals surface area contributed by atoms with Gasteiger partial charge in [0.25, 0.3) is 5.91 Å². The lowest BCUT2D eigenvalue weighted by Gasteiger charge is -2.10. The van der Waals surface area contributed by atoms with E-state index in [-0.39, 0.29) is 5.91 Å². The molecule has 0 bridgehead atoms. The van der Waals surface area contributed by atoms with Crippen LogP contribution in [0.15, 0.2) is 40.9 Å². The first kappa shape index (κ1) is 13.9. The Kier molecular flexibility index (Phi) is 4.12. The Morgan fingerprint density at radius 3 is 2.74 bits per heavy atom. The van der Waals surface area contributed by atoms with Crippen LogP contribution < -0.4 is 11.1 Å². The summed E-state index contributed by atoms with van der Waals surface area (Å²) in [6.45, 7) is 1.86. The predicted octanol–water partition coefficient (Wildman–Crippen LogP) is 4.25. The van der Waals surface area contributed by atoms with Crippen molar-refractivity contribution >= 4 is 44.8 Å². The van der Waals surface area contributed by atoms with Crippen LogP contribution in [0.1, 0.15) is 15.9 Å². The van der Waals surface area contributed by atoms with Crippen LogP contribution in [0.5, 0.6) is 0 Å². The van der Waals surface area contributed by atoms with Crippen LogP contribution in [0.4, 0.5) is 11.4 Å². The zero-order valence-electron chi connectivity index (χ0n) is 10.2. The van der Waals surface area contributed by atoms with Crippen LogP contribution in [0.2, 0.25) is 5.02 Å². The summed E-state index contributed by atoms with van der Waals surface area (Å²) < 4.78 is 0.773. The Morgan fingerprint density at radius 1 is 1.26 bits per heavy atom. The minimum Gasteiger partial charge on any atom is -0.399 e. The summed E-state index contributed by atoms with van der Waals surface area (Å²) in [6.07, 6.45) is 0.